The minimum atomic E-state index is -2.38. The van der Waals surface area contributed by atoms with Gasteiger partial charge in [0.05, 0.1) is 64.6 Å². The van der Waals surface area contributed by atoms with Crippen LogP contribution in [0.2, 0.25) is 0 Å². The number of allylic oxidation sites excluding steroid dienone is 2. The van der Waals surface area contributed by atoms with Crippen LogP contribution in [0.25, 0.3) is 10.8 Å². The van der Waals surface area contributed by atoms with Crippen LogP contribution in [0.15, 0.2) is 41.2 Å². The predicted molar refractivity (Wildman–Crippen MR) is 211 cm³/mol. The van der Waals surface area contributed by atoms with Crippen LogP contribution in [0.3, 0.4) is 0 Å². The number of fused-ring (bicyclic) bond motifs is 14. The number of hydrogen-bond donors (Lipinski definition) is 7. The fourth-order valence-corrected chi connectivity index (χ4v) is 7.17. The van der Waals surface area contributed by atoms with Gasteiger partial charge in [-0.15, -0.1) is 0 Å². The number of phenols is 3. The number of Topliss-reactive ketones (excluding diaryl/α,β-unsaturated/α-hetero) is 1. The average Bonchev–Trinajstić information content (AvgIpc) is 3.43. The van der Waals surface area contributed by atoms with Gasteiger partial charge in [0.25, 0.3) is 11.7 Å². The van der Waals surface area contributed by atoms with Crippen LogP contribution < -0.4 is 10.1 Å². The normalized spacial score (nSPS) is 36.1. The summed E-state index contributed by atoms with van der Waals surface area (Å²) in [7, 11) is 2.94. The van der Waals surface area contributed by atoms with E-state index in [1.807, 2.05) is 0 Å². The molecule has 15 heteroatoms. The Hall–Kier alpha value is -4.67. The number of amides is 1. The number of methoxy groups -OCH3 is 1. The first-order valence-corrected chi connectivity index (χ1v) is 18.4. The molecule has 4 aliphatic rings. The number of carbonyl (C=O) groups excluding carboxylic acids is 2. The lowest BCUT2D eigenvalue weighted by Crippen LogP contribution is -2.44. The Bertz CT molecular complexity index is 2130. The highest BCUT2D eigenvalue weighted by molar-refractivity contribution is 6.23. The van der Waals surface area contributed by atoms with E-state index in [2.05, 4.69) is 10.4 Å². The van der Waals surface area contributed by atoms with Crippen LogP contribution in [0, 0.1) is 30.6 Å². The number of piperazine rings is 1. The summed E-state index contributed by atoms with van der Waals surface area (Å²) in [6.45, 7) is 5.57. The minimum absolute atomic E-state index is 0.0364. The maximum Gasteiger partial charge on any atom is 0.312 e. The highest BCUT2D eigenvalue weighted by Crippen LogP contribution is 2.55. The number of aliphatic hydroxyl groups is 3. The Balaban J connectivity index is 1.75. The molecule has 0 spiro atoms. The van der Waals surface area contributed by atoms with Gasteiger partial charge in [-0.3, -0.25) is 14.6 Å². The van der Waals surface area contributed by atoms with Gasteiger partial charge in [-0.1, -0.05) is 45.9 Å². The van der Waals surface area contributed by atoms with Gasteiger partial charge in [-0.25, -0.2) is 0 Å². The van der Waals surface area contributed by atoms with E-state index in [0.717, 1.165) is 12.5 Å². The number of aliphatic hydroxyl groups excluding tert-OH is 3. The number of anilines is 1. The third kappa shape index (κ3) is 7.96. The molecule has 5 bridgehead atoms. The first-order valence-electron chi connectivity index (χ1n) is 20.4. The zero-order valence-electron chi connectivity index (χ0n) is 37.1. The van der Waals surface area contributed by atoms with E-state index < -0.39 is 118 Å². The number of phenolic OH excluding ortho intramolecular Hbond substituents is 3. The van der Waals surface area contributed by atoms with Crippen molar-refractivity contribution in [3.8, 4) is 23.0 Å². The monoisotopic (exact) mass is 784 g/mol. The van der Waals surface area contributed by atoms with Crippen molar-refractivity contribution >= 4 is 34.4 Å². The van der Waals surface area contributed by atoms with Gasteiger partial charge >= 0.3 is 5.79 Å². The lowest BCUT2D eigenvalue weighted by atomic mass is 9.78. The van der Waals surface area contributed by atoms with Crippen molar-refractivity contribution in [2.75, 3.05) is 45.6 Å². The molecule has 1 amide bonds. The molecule has 1 fully saturated rings. The molecule has 15 nitrogen and oxygen atoms in total. The van der Waals surface area contributed by atoms with Gasteiger partial charge in [0.2, 0.25) is 0 Å². The van der Waals surface area contributed by atoms with Crippen LogP contribution in [0.5, 0.6) is 23.0 Å². The third-order valence-electron chi connectivity index (χ3n) is 11.1. The maximum atomic E-state index is 14.4. The minimum Gasteiger partial charge on any atom is -0.507 e. The molecule has 0 radical (unpaired) electrons. The number of nitrogens with one attached hydrogen (secondary N) is 1. The topological polar surface area (TPSA) is 214 Å². The zero-order valence-corrected chi connectivity index (χ0v) is 33.1. The highest BCUT2D eigenvalue weighted by atomic mass is 16.7. The zero-order chi connectivity index (χ0) is 45.0. The number of nitrogens with zero attached hydrogens (tertiary/aromatic N) is 3. The van der Waals surface area contributed by atoms with Crippen molar-refractivity contribution < 1.29 is 59.9 Å². The SMILES string of the molecule is [2H]C1([2H])CN(C)CC([2H])([2H])N1/N=C/c1c2c(O)c3c(O)c(C)c4c(c3c1O)C(=O)[C@@](C)(O/C=C/[C@H](OC)[C@@H](C)[C@@H](O)[C@H](C)[C@H](O)[C@H](C)[C@@H](O)[C@@H](C)/C=C/C=C(\C)C(=O)N2)O4. The van der Waals surface area contributed by atoms with E-state index in [1.54, 1.807) is 33.8 Å². The first-order chi connectivity index (χ1) is 27.8. The number of rotatable bonds is 3. The van der Waals surface area contributed by atoms with E-state index in [1.165, 1.54) is 58.1 Å². The number of benzene rings is 2. The predicted octanol–water partition coefficient (Wildman–Crippen LogP) is 3.76. The molecule has 0 saturated carbocycles. The standard InChI is InChI=1S/C41H56N4O11/c1-20-11-10-12-21(2)40(53)43-31-26(19-42-45-16-14-44(8)15-17-45)36(50)28-29(37(31)51)35(49)25(6)38-30(28)39(52)41(7,56-38)55-18-13-27(54-9)22(3)33(47)24(5)34(48)23(4)32(20)46/h10-13,18-20,22-24,27,32-34,46-51H,14-17H2,1-9H3,(H,43,53)/b11-10+,18-13+,21-12+,42-19+/t20-,22+,23+,24-,27-,32-,33+,34+,41-/m0/s1/i16D2,17D2. The molecule has 1 saturated heterocycles. The molecule has 2 aromatic carbocycles. The second kappa shape index (κ2) is 16.8. The lowest BCUT2D eigenvalue weighted by molar-refractivity contribution is -0.112. The Kier molecular flexibility index (Phi) is 11.1. The molecule has 0 aliphatic carbocycles. The summed E-state index contributed by atoms with van der Waals surface area (Å²) in [6, 6.07) is 0. The van der Waals surface area contributed by atoms with E-state index in [0.29, 0.717) is 5.01 Å². The summed E-state index contributed by atoms with van der Waals surface area (Å²) in [4.78, 5) is 29.6. The van der Waals surface area contributed by atoms with E-state index in [9.17, 15) is 40.2 Å². The molecule has 56 heavy (non-hydrogen) atoms. The molecule has 2 aromatic rings. The lowest BCUT2D eigenvalue weighted by Gasteiger charge is -2.36. The largest absolute Gasteiger partial charge is 0.507 e. The van der Waals surface area contributed by atoms with Gasteiger partial charge in [0.15, 0.2) is 5.75 Å². The second-order valence-corrected chi connectivity index (χ2v) is 15.1. The molecule has 6 rings (SSSR count). The number of carbonyl (C=O) groups is 2. The van der Waals surface area contributed by atoms with Crippen molar-refractivity contribution in [3.05, 3.63) is 52.8 Å². The van der Waals surface area contributed by atoms with Crippen molar-refractivity contribution in [3.63, 3.8) is 0 Å². The summed E-state index contributed by atoms with van der Waals surface area (Å²) in [5, 5.41) is 75.7. The van der Waals surface area contributed by atoms with E-state index >= 15 is 0 Å². The van der Waals surface area contributed by atoms with Gasteiger partial charge in [-0.05, 0) is 27.0 Å². The molecule has 4 aliphatic heterocycles. The Morgan fingerprint density at radius 2 is 1.57 bits per heavy atom. The molecule has 306 valence electrons. The number of ether oxygens (including phenoxy) is 3. The molecule has 0 aromatic heterocycles. The van der Waals surface area contributed by atoms with Crippen LogP contribution in [-0.4, -0.2) is 129 Å². The van der Waals surface area contributed by atoms with E-state index in [4.69, 9.17) is 19.7 Å². The van der Waals surface area contributed by atoms with Gasteiger partial charge < -0.3 is 55.1 Å². The summed E-state index contributed by atoms with van der Waals surface area (Å²) in [6.07, 6.45) is 3.75. The average molecular weight is 785 g/mol. The number of hydrogen-bond acceptors (Lipinski definition) is 14. The molecule has 7 N–H and O–H groups in total. The highest BCUT2D eigenvalue weighted by Gasteiger charge is 2.50. The van der Waals surface area contributed by atoms with Crippen LogP contribution >= 0.6 is 0 Å². The van der Waals surface area contributed by atoms with Gasteiger partial charge in [0.1, 0.15) is 17.2 Å². The third-order valence-corrected chi connectivity index (χ3v) is 11.1. The van der Waals surface area contributed by atoms with E-state index in [-0.39, 0.29) is 35.5 Å². The first kappa shape index (κ1) is 36.9. The summed E-state index contributed by atoms with van der Waals surface area (Å²) < 4.78 is 51.8. The second-order valence-electron chi connectivity index (χ2n) is 15.1. The smallest absolute Gasteiger partial charge is 0.312 e. The van der Waals surface area contributed by atoms with Crippen molar-refractivity contribution in [2.45, 2.75) is 78.7 Å². The molecule has 9 atom stereocenters. The van der Waals surface area contributed by atoms with Crippen LogP contribution in [0.4, 0.5) is 5.69 Å². The molecular formula is C41H56N4O11. The number of aromatic hydroxyl groups is 3. The molecule has 4 heterocycles. The summed E-state index contributed by atoms with van der Waals surface area (Å²) >= 11 is 0. The fourth-order valence-electron chi connectivity index (χ4n) is 7.17. The van der Waals surface area contributed by atoms with Gasteiger partial charge in [0, 0.05) is 80.3 Å². The number of hydrazone groups is 1. The molecular weight excluding hydrogens is 724 g/mol. The van der Waals surface area contributed by atoms with Crippen molar-refractivity contribution in [1.29, 1.82) is 0 Å². The quantitative estimate of drug-likeness (QED) is 0.134. The Morgan fingerprint density at radius 3 is 2.21 bits per heavy atom. The fraction of sp³-hybridized carbons (Fsp3) is 0.537. The van der Waals surface area contributed by atoms with Crippen LogP contribution in [-0.2, 0) is 14.3 Å². The Labute approximate surface area is 332 Å². The number of likely N-dealkylation sites (N-methyl/N-ethyl adjacent to an activating group) is 1. The van der Waals surface area contributed by atoms with Crippen LogP contribution in [0.1, 0.15) is 68.5 Å². The summed E-state index contributed by atoms with van der Waals surface area (Å²) in [5.74, 6) is -8.92. The van der Waals surface area contributed by atoms with Gasteiger partial charge in [-0.2, -0.15) is 5.10 Å². The molecule has 0 unspecified atom stereocenters. The van der Waals surface area contributed by atoms with Crippen molar-refractivity contribution in [1.82, 2.24) is 9.91 Å². The number of ketones is 1. The summed E-state index contributed by atoms with van der Waals surface area (Å²) in [5.41, 5.74) is -1.29. The Morgan fingerprint density at radius 1 is 0.946 bits per heavy atom. The van der Waals surface area contributed by atoms with Crippen molar-refractivity contribution in [2.24, 2.45) is 28.8 Å². The maximum absolute atomic E-state index is 14.4.